The fourth-order valence-electron chi connectivity index (χ4n) is 3.54. The Balaban J connectivity index is 1.65. The van der Waals surface area contributed by atoms with E-state index in [1.54, 1.807) is 7.11 Å². The zero-order valence-electron chi connectivity index (χ0n) is 17.7. The van der Waals surface area contributed by atoms with E-state index in [0.29, 0.717) is 21.5 Å². The Labute approximate surface area is 194 Å². The SMILES string of the molecule is COc1ccc(C)cc1N=C1NC(=O)/C(=C/c2cc(C)n(-c3ccc(Br)cc3)c2C)S1. The lowest BCUT2D eigenvalue weighted by Crippen LogP contribution is -2.19. The maximum absolute atomic E-state index is 12.6. The second kappa shape index (κ2) is 8.77. The molecule has 0 atom stereocenters. The van der Waals surface area contributed by atoms with Crippen molar-refractivity contribution in [3.05, 3.63) is 80.4 Å². The lowest BCUT2D eigenvalue weighted by atomic mass is 10.2. The molecule has 1 aromatic heterocycles. The third kappa shape index (κ3) is 4.48. The topological polar surface area (TPSA) is 55.6 Å². The Kier molecular flexibility index (Phi) is 6.07. The van der Waals surface area contributed by atoms with E-state index in [9.17, 15) is 4.79 Å². The molecule has 0 saturated carbocycles. The molecule has 1 saturated heterocycles. The molecule has 0 unspecified atom stereocenters. The monoisotopic (exact) mass is 495 g/mol. The number of nitrogens with one attached hydrogen (secondary N) is 1. The van der Waals surface area contributed by atoms with E-state index >= 15 is 0 Å². The zero-order chi connectivity index (χ0) is 22.1. The minimum atomic E-state index is -0.149. The van der Waals surface area contributed by atoms with Gasteiger partial charge in [-0.2, -0.15) is 0 Å². The van der Waals surface area contributed by atoms with Crippen molar-refractivity contribution in [3.63, 3.8) is 0 Å². The van der Waals surface area contributed by atoms with E-state index in [2.05, 4.69) is 62.9 Å². The Bertz CT molecular complexity index is 1230. The van der Waals surface area contributed by atoms with Crippen LogP contribution < -0.4 is 10.1 Å². The zero-order valence-corrected chi connectivity index (χ0v) is 20.1. The molecule has 0 radical (unpaired) electrons. The summed E-state index contributed by atoms with van der Waals surface area (Å²) in [5, 5.41) is 3.40. The number of benzene rings is 2. The van der Waals surface area contributed by atoms with E-state index in [0.717, 1.165) is 32.7 Å². The highest BCUT2D eigenvalue weighted by atomic mass is 79.9. The summed E-state index contributed by atoms with van der Waals surface area (Å²) in [4.78, 5) is 17.8. The minimum absolute atomic E-state index is 0.149. The molecule has 1 aliphatic heterocycles. The number of rotatable bonds is 4. The summed E-state index contributed by atoms with van der Waals surface area (Å²) in [6.07, 6.45) is 1.92. The Morgan fingerprint density at radius 1 is 1.10 bits per heavy atom. The van der Waals surface area contributed by atoms with Crippen molar-refractivity contribution < 1.29 is 9.53 Å². The molecule has 4 rings (SSSR count). The molecule has 5 nitrogen and oxygen atoms in total. The van der Waals surface area contributed by atoms with E-state index in [-0.39, 0.29) is 5.91 Å². The molecule has 31 heavy (non-hydrogen) atoms. The van der Waals surface area contributed by atoms with Crippen molar-refractivity contribution in [2.45, 2.75) is 20.8 Å². The van der Waals surface area contributed by atoms with Crippen LogP contribution in [0.2, 0.25) is 0 Å². The predicted molar refractivity (Wildman–Crippen MR) is 131 cm³/mol. The van der Waals surface area contributed by atoms with Crippen LogP contribution >= 0.6 is 27.7 Å². The molecule has 1 fully saturated rings. The van der Waals surface area contributed by atoms with Gasteiger partial charge in [-0.1, -0.05) is 22.0 Å². The van der Waals surface area contributed by atoms with Crippen LogP contribution in [-0.4, -0.2) is 22.8 Å². The highest BCUT2D eigenvalue weighted by Gasteiger charge is 2.25. The number of aliphatic imine (C=N–C) groups is 1. The maximum Gasteiger partial charge on any atom is 0.264 e. The Morgan fingerprint density at radius 3 is 2.55 bits per heavy atom. The average Bonchev–Trinajstić information content (AvgIpc) is 3.21. The molecule has 158 valence electrons. The lowest BCUT2D eigenvalue weighted by Gasteiger charge is -2.09. The summed E-state index contributed by atoms with van der Waals surface area (Å²) in [7, 11) is 1.61. The smallest absolute Gasteiger partial charge is 0.264 e. The predicted octanol–water partition coefficient (Wildman–Crippen LogP) is 6.07. The van der Waals surface area contributed by atoms with Gasteiger partial charge in [0.2, 0.25) is 0 Å². The number of aromatic nitrogens is 1. The molecule has 0 aliphatic carbocycles. The number of aryl methyl sites for hydroxylation is 2. The first-order valence-electron chi connectivity index (χ1n) is 9.75. The van der Waals surface area contributed by atoms with Crippen molar-refractivity contribution >= 4 is 50.5 Å². The molecule has 2 heterocycles. The highest BCUT2D eigenvalue weighted by Crippen LogP contribution is 2.34. The summed E-state index contributed by atoms with van der Waals surface area (Å²) in [6, 6.07) is 16.1. The normalized spacial score (nSPS) is 16.2. The average molecular weight is 496 g/mol. The second-order valence-corrected chi connectivity index (χ2v) is 9.24. The summed E-state index contributed by atoms with van der Waals surface area (Å²) < 4.78 is 8.61. The molecular weight excluding hydrogens is 474 g/mol. The number of nitrogens with zero attached hydrogens (tertiary/aromatic N) is 2. The van der Waals surface area contributed by atoms with E-state index in [1.807, 2.05) is 43.3 Å². The second-order valence-electron chi connectivity index (χ2n) is 7.30. The van der Waals surface area contributed by atoms with Crippen molar-refractivity contribution in [1.29, 1.82) is 0 Å². The summed E-state index contributed by atoms with van der Waals surface area (Å²) in [5.74, 6) is 0.521. The van der Waals surface area contributed by atoms with Crippen LogP contribution in [0.4, 0.5) is 5.69 Å². The van der Waals surface area contributed by atoms with Crippen molar-refractivity contribution in [1.82, 2.24) is 9.88 Å². The van der Waals surface area contributed by atoms with Gasteiger partial charge in [-0.3, -0.25) is 4.79 Å². The van der Waals surface area contributed by atoms with E-state index in [4.69, 9.17) is 4.74 Å². The molecule has 1 aliphatic rings. The van der Waals surface area contributed by atoms with Crippen molar-refractivity contribution in [3.8, 4) is 11.4 Å². The highest BCUT2D eigenvalue weighted by molar-refractivity contribution is 9.10. The molecule has 3 aromatic rings. The largest absolute Gasteiger partial charge is 0.494 e. The molecule has 0 bridgehead atoms. The van der Waals surface area contributed by atoms with Crippen molar-refractivity contribution in [2.24, 2.45) is 4.99 Å². The number of hydrogen-bond acceptors (Lipinski definition) is 4. The fraction of sp³-hybridized carbons (Fsp3) is 0.167. The van der Waals surface area contributed by atoms with Gasteiger partial charge in [0.15, 0.2) is 5.17 Å². The molecule has 7 heteroatoms. The van der Waals surface area contributed by atoms with Crippen LogP contribution in [0.1, 0.15) is 22.5 Å². The number of amides is 1. The van der Waals surface area contributed by atoms with Crippen LogP contribution in [-0.2, 0) is 4.79 Å². The summed E-state index contributed by atoms with van der Waals surface area (Å²) in [6.45, 7) is 6.12. The van der Waals surface area contributed by atoms with Gasteiger partial charge in [-0.15, -0.1) is 0 Å². The maximum atomic E-state index is 12.6. The van der Waals surface area contributed by atoms with Crippen LogP contribution in [0.3, 0.4) is 0 Å². The summed E-state index contributed by atoms with van der Waals surface area (Å²) in [5.41, 5.74) is 6.04. The van der Waals surface area contributed by atoms with Gasteiger partial charge in [-0.25, -0.2) is 4.99 Å². The van der Waals surface area contributed by atoms with Gasteiger partial charge >= 0.3 is 0 Å². The molecule has 1 amide bonds. The van der Waals surface area contributed by atoms with E-state index < -0.39 is 0 Å². The van der Waals surface area contributed by atoms with Gasteiger partial charge in [0.25, 0.3) is 5.91 Å². The van der Waals surface area contributed by atoms with Gasteiger partial charge in [0.1, 0.15) is 11.4 Å². The molecule has 2 aromatic carbocycles. The van der Waals surface area contributed by atoms with Gasteiger partial charge in [-0.05, 0) is 92.2 Å². The van der Waals surface area contributed by atoms with E-state index in [1.165, 1.54) is 11.8 Å². The van der Waals surface area contributed by atoms with Crippen LogP contribution in [0, 0.1) is 20.8 Å². The number of carbonyl (C=O) groups excluding carboxylic acids is 1. The Morgan fingerprint density at radius 2 is 1.84 bits per heavy atom. The third-order valence-corrected chi connectivity index (χ3v) is 6.49. The first-order valence-corrected chi connectivity index (χ1v) is 11.4. The van der Waals surface area contributed by atoms with Crippen LogP contribution in [0.25, 0.3) is 11.8 Å². The number of hydrogen-bond donors (Lipinski definition) is 1. The number of amidine groups is 1. The summed E-state index contributed by atoms with van der Waals surface area (Å²) >= 11 is 4.82. The van der Waals surface area contributed by atoms with Gasteiger partial charge in [0, 0.05) is 21.5 Å². The number of halogens is 1. The third-order valence-electron chi connectivity index (χ3n) is 5.05. The minimum Gasteiger partial charge on any atom is -0.494 e. The Hall–Kier alpha value is -2.77. The first kappa shape index (κ1) is 21.5. The number of thioether (sulfide) groups is 1. The lowest BCUT2D eigenvalue weighted by molar-refractivity contribution is -0.115. The number of ether oxygens (including phenoxy) is 1. The van der Waals surface area contributed by atoms with Gasteiger partial charge in [0.05, 0.1) is 12.0 Å². The standard InChI is InChI=1S/C24H22BrN3O2S/c1-14-5-10-21(30-4)20(11-14)26-24-27-23(29)22(31-24)13-17-12-15(2)28(16(17)3)19-8-6-18(25)7-9-19/h5-13H,1-4H3,(H,26,27,29)/b22-13-. The van der Waals surface area contributed by atoms with Gasteiger partial charge < -0.3 is 14.6 Å². The quantitative estimate of drug-likeness (QED) is 0.447. The molecule has 0 spiro atoms. The van der Waals surface area contributed by atoms with Crippen LogP contribution in [0.15, 0.2) is 62.9 Å². The molecule has 1 N–H and O–H groups in total. The molecular formula is C24H22BrN3O2S. The fourth-order valence-corrected chi connectivity index (χ4v) is 4.63. The van der Waals surface area contributed by atoms with Crippen LogP contribution in [0.5, 0.6) is 5.75 Å². The number of methoxy groups -OCH3 is 1. The van der Waals surface area contributed by atoms with Crippen molar-refractivity contribution in [2.75, 3.05) is 7.11 Å². The first-order chi connectivity index (χ1) is 14.9. The number of carbonyl (C=O) groups is 1.